The Morgan fingerprint density at radius 1 is 1.24 bits per heavy atom. The Hall–Kier alpha value is -1.45. The third kappa shape index (κ3) is 6.69. The van der Waals surface area contributed by atoms with Crippen LogP contribution in [-0.2, 0) is 19.1 Å². The normalized spacial score (nSPS) is 20.0. The largest absolute Gasteiger partial charge is 0.393 e. The third-order valence-corrected chi connectivity index (χ3v) is 3.93. The quantitative estimate of drug-likeness (QED) is 0.267. The second-order valence-electron chi connectivity index (χ2n) is 5.80. The average molecular weight is 294 g/mol. The highest BCUT2D eigenvalue weighted by Crippen LogP contribution is 2.29. The van der Waals surface area contributed by atoms with Gasteiger partial charge in [0.05, 0.1) is 12.3 Å². The second-order valence-corrected chi connectivity index (χ2v) is 5.80. The minimum atomic E-state index is -0.399. The summed E-state index contributed by atoms with van der Waals surface area (Å²) in [5, 5.41) is 0. The molecule has 2 atom stereocenters. The molecule has 0 aromatic carbocycles. The van der Waals surface area contributed by atoms with E-state index in [-0.39, 0.29) is 30.0 Å². The van der Waals surface area contributed by atoms with Gasteiger partial charge < -0.3 is 9.53 Å². The molecule has 1 heterocycles. The number of carbonyl (C=O) groups is 3. The number of ether oxygens (including phenoxy) is 1. The molecule has 4 nitrogen and oxygen atoms in total. The van der Waals surface area contributed by atoms with E-state index in [0.29, 0.717) is 6.42 Å². The van der Waals surface area contributed by atoms with E-state index in [2.05, 4.69) is 4.74 Å². The second kappa shape index (κ2) is 9.48. The number of Topliss-reactive ketones (excluding diaryl/α,β-unsaturated/α-hetero) is 1. The van der Waals surface area contributed by atoms with Crippen molar-refractivity contribution in [3.05, 3.63) is 12.2 Å². The van der Waals surface area contributed by atoms with Gasteiger partial charge in [-0.25, -0.2) is 0 Å². The molecule has 4 heteroatoms. The first-order chi connectivity index (χ1) is 10.0. The summed E-state index contributed by atoms with van der Waals surface area (Å²) in [6, 6.07) is 0. The van der Waals surface area contributed by atoms with E-state index in [9.17, 15) is 14.4 Å². The van der Waals surface area contributed by atoms with Gasteiger partial charge in [0.25, 0.3) is 0 Å². The van der Waals surface area contributed by atoms with Crippen molar-refractivity contribution in [2.24, 2.45) is 11.8 Å². The van der Waals surface area contributed by atoms with E-state index < -0.39 is 5.97 Å². The topological polar surface area (TPSA) is 60.4 Å². The standard InChI is InChI=1S/C17H26O4/c1-3-9-14(15-12-16(19)21-17(15)20)11-8-6-4-5-7-10-13(2)18/h3,9,14-15H,4-8,10-12H2,1-2H3/b9-3+. The molecule has 0 radical (unpaired) electrons. The van der Waals surface area contributed by atoms with Gasteiger partial charge in [0.2, 0.25) is 0 Å². The molecule has 21 heavy (non-hydrogen) atoms. The van der Waals surface area contributed by atoms with Crippen molar-refractivity contribution in [3.63, 3.8) is 0 Å². The molecule has 0 N–H and O–H groups in total. The van der Waals surface area contributed by atoms with E-state index in [1.807, 2.05) is 19.1 Å². The fraction of sp³-hybridized carbons (Fsp3) is 0.706. The lowest BCUT2D eigenvalue weighted by molar-refractivity contribution is -0.153. The van der Waals surface area contributed by atoms with E-state index in [1.54, 1.807) is 6.92 Å². The monoisotopic (exact) mass is 294 g/mol. The highest BCUT2D eigenvalue weighted by atomic mass is 16.6. The fourth-order valence-electron chi connectivity index (χ4n) is 2.78. The van der Waals surface area contributed by atoms with E-state index >= 15 is 0 Å². The van der Waals surface area contributed by atoms with Crippen LogP contribution in [0.4, 0.5) is 0 Å². The zero-order valence-corrected chi connectivity index (χ0v) is 13.1. The van der Waals surface area contributed by atoms with Crippen LogP contribution in [0.5, 0.6) is 0 Å². The van der Waals surface area contributed by atoms with E-state index in [4.69, 9.17) is 0 Å². The Labute approximate surface area is 126 Å². The number of ketones is 1. The van der Waals surface area contributed by atoms with Crippen LogP contribution < -0.4 is 0 Å². The van der Waals surface area contributed by atoms with Crippen LogP contribution in [0, 0.1) is 11.8 Å². The molecule has 1 rings (SSSR count). The summed E-state index contributed by atoms with van der Waals surface area (Å²) < 4.78 is 4.64. The number of hydrogen-bond acceptors (Lipinski definition) is 4. The summed E-state index contributed by atoms with van der Waals surface area (Å²) in [6.45, 7) is 3.56. The summed E-state index contributed by atoms with van der Waals surface area (Å²) >= 11 is 0. The molecule has 0 aromatic heterocycles. The summed E-state index contributed by atoms with van der Waals surface area (Å²) in [5.41, 5.74) is 0. The first-order valence-electron chi connectivity index (χ1n) is 7.91. The van der Waals surface area contributed by atoms with Gasteiger partial charge in [0, 0.05) is 6.42 Å². The summed E-state index contributed by atoms with van der Waals surface area (Å²) in [6.07, 6.45) is 11.1. The number of unbranched alkanes of at least 4 members (excludes halogenated alkanes) is 4. The number of cyclic esters (lactones) is 2. The van der Waals surface area contributed by atoms with Crippen molar-refractivity contribution in [2.45, 2.75) is 65.2 Å². The highest BCUT2D eigenvalue weighted by molar-refractivity contribution is 5.94. The van der Waals surface area contributed by atoms with Gasteiger partial charge in [-0.3, -0.25) is 9.59 Å². The van der Waals surface area contributed by atoms with Crippen molar-refractivity contribution >= 4 is 17.7 Å². The molecule has 1 aliphatic rings. The van der Waals surface area contributed by atoms with E-state index in [1.165, 1.54) is 0 Å². The molecule has 0 amide bonds. The van der Waals surface area contributed by atoms with Gasteiger partial charge in [-0.15, -0.1) is 0 Å². The molecule has 0 aromatic rings. The number of allylic oxidation sites excluding steroid dienone is 2. The zero-order valence-electron chi connectivity index (χ0n) is 13.1. The van der Waals surface area contributed by atoms with Crippen LogP contribution >= 0.6 is 0 Å². The summed E-state index contributed by atoms with van der Waals surface area (Å²) in [5.74, 6) is -0.710. The SMILES string of the molecule is C/C=C/C(CCCCCCCC(C)=O)C1CC(=O)OC1=O. The average Bonchev–Trinajstić information content (AvgIpc) is 2.75. The van der Waals surface area contributed by atoms with Gasteiger partial charge in [-0.2, -0.15) is 0 Å². The van der Waals surface area contributed by atoms with Gasteiger partial charge in [0.1, 0.15) is 5.78 Å². The van der Waals surface area contributed by atoms with Crippen LogP contribution in [0.3, 0.4) is 0 Å². The predicted octanol–water partition coefficient (Wildman–Crippen LogP) is 3.59. The lowest BCUT2D eigenvalue weighted by atomic mass is 9.86. The van der Waals surface area contributed by atoms with E-state index in [0.717, 1.165) is 38.5 Å². The molecule has 0 bridgehead atoms. The Morgan fingerprint density at radius 2 is 1.90 bits per heavy atom. The maximum atomic E-state index is 11.6. The minimum Gasteiger partial charge on any atom is -0.393 e. The maximum absolute atomic E-state index is 11.6. The molecular formula is C17H26O4. The molecule has 2 unspecified atom stereocenters. The van der Waals surface area contributed by atoms with Crippen LogP contribution in [0.2, 0.25) is 0 Å². The number of esters is 2. The molecule has 0 saturated carbocycles. The van der Waals surface area contributed by atoms with Crippen LogP contribution in [0.25, 0.3) is 0 Å². The Kier molecular flexibility index (Phi) is 7.95. The van der Waals surface area contributed by atoms with Gasteiger partial charge in [-0.05, 0) is 32.6 Å². The molecule has 118 valence electrons. The predicted molar refractivity (Wildman–Crippen MR) is 80.5 cm³/mol. The Morgan fingerprint density at radius 3 is 2.48 bits per heavy atom. The maximum Gasteiger partial charge on any atom is 0.317 e. The zero-order chi connectivity index (χ0) is 15.7. The lowest BCUT2D eigenvalue weighted by Gasteiger charge is -2.16. The number of hydrogen-bond donors (Lipinski definition) is 0. The molecule has 1 saturated heterocycles. The summed E-state index contributed by atoms with van der Waals surface area (Å²) in [7, 11) is 0. The molecule has 0 spiro atoms. The van der Waals surface area contributed by atoms with Crippen molar-refractivity contribution in [2.75, 3.05) is 0 Å². The van der Waals surface area contributed by atoms with Crippen molar-refractivity contribution in [3.8, 4) is 0 Å². The minimum absolute atomic E-state index is 0.103. The highest BCUT2D eigenvalue weighted by Gasteiger charge is 2.37. The smallest absolute Gasteiger partial charge is 0.317 e. The van der Waals surface area contributed by atoms with Crippen molar-refractivity contribution in [1.29, 1.82) is 0 Å². The van der Waals surface area contributed by atoms with Crippen molar-refractivity contribution in [1.82, 2.24) is 0 Å². The van der Waals surface area contributed by atoms with Crippen LogP contribution in [0.15, 0.2) is 12.2 Å². The lowest BCUT2D eigenvalue weighted by Crippen LogP contribution is -2.17. The first kappa shape index (κ1) is 17.6. The first-order valence-corrected chi connectivity index (χ1v) is 7.91. The molecule has 0 aliphatic carbocycles. The van der Waals surface area contributed by atoms with Crippen LogP contribution in [0.1, 0.15) is 65.2 Å². The Bertz CT molecular complexity index is 398. The summed E-state index contributed by atoms with van der Waals surface area (Å²) in [4.78, 5) is 33.6. The van der Waals surface area contributed by atoms with Gasteiger partial charge >= 0.3 is 11.9 Å². The number of carbonyl (C=O) groups excluding carboxylic acids is 3. The van der Waals surface area contributed by atoms with Gasteiger partial charge in [-0.1, -0.05) is 37.8 Å². The molecular weight excluding hydrogens is 268 g/mol. The van der Waals surface area contributed by atoms with Gasteiger partial charge in [0.15, 0.2) is 0 Å². The fourth-order valence-corrected chi connectivity index (χ4v) is 2.78. The number of rotatable bonds is 10. The Balaban J connectivity index is 2.24. The molecule has 1 fully saturated rings. The third-order valence-electron chi connectivity index (χ3n) is 3.93. The van der Waals surface area contributed by atoms with Crippen LogP contribution in [-0.4, -0.2) is 17.7 Å². The van der Waals surface area contributed by atoms with Crippen molar-refractivity contribution < 1.29 is 19.1 Å². The molecule has 1 aliphatic heterocycles.